The summed E-state index contributed by atoms with van der Waals surface area (Å²) in [6.45, 7) is 29.7. The molecule has 0 aromatic carbocycles. The van der Waals surface area contributed by atoms with Crippen molar-refractivity contribution >= 4 is 96.6 Å². The topological polar surface area (TPSA) is 347 Å². The molecule has 6 aromatic heterocycles. The van der Waals surface area contributed by atoms with Gasteiger partial charge in [-0.2, -0.15) is 4.89 Å². The van der Waals surface area contributed by atoms with Crippen molar-refractivity contribution < 1.29 is 77.5 Å². The molecule has 10 heterocycles. The number of nitrogens with one attached hydrogen (secondary N) is 8. The molecule has 24 nitrogen and oxygen atoms in total. The number of carbonyl (C=O) groups excluding carboxylic acids is 5. The average molecular weight is 1450 g/mol. The van der Waals surface area contributed by atoms with Gasteiger partial charge in [0.2, 0.25) is 0 Å². The summed E-state index contributed by atoms with van der Waals surface area (Å²) in [5.41, 5.74) is 19.5. The van der Waals surface area contributed by atoms with E-state index in [0.717, 1.165) is 151 Å². The fourth-order valence-corrected chi connectivity index (χ4v) is 15.8. The van der Waals surface area contributed by atoms with Gasteiger partial charge in [0.15, 0.2) is 0 Å². The predicted molar refractivity (Wildman–Crippen MR) is 402 cm³/mol. The van der Waals surface area contributed by atoms with E-state index in [4.69, 9.17) is 33.5 Å². The zero-order valence-corrected chi connectivity index (χ0v) is 62.1. The van der Waals surface area contributed by atoms with Gasteiger partial charge in [0.05, 0.1) is 52.6 Å². The van der Waals surface area contributed by atoms with Gasteiger partial charge in [-0.05, 0) is 184 Å². The van der Waals surface area contributed by atoms with Gasteiger partial charge >= 0.3 is 35.8 Å². The number of aromatic nitrogens is 6. The Morgan fingerprint density at radius 2 is 1.07 bits per heavy atom. The fraction of sp³-hybridized carbons (Fsp3) is 0.341. The van der Waals surface area contributed by atoms with Crippen molar-refractivity contribution in [3.8, 4) is 0 Å². The number of aliphatic hydroxyl groups is 2. The van der Waals surface area contributed by atoms with Gasteiger partial charge in [0.25, 0.3) is 0 Å². The lowest BCUT2D eigenvalue weighted by Gasteiger charge is -2.40. The van der Waals surface area contributed by atoms with Crippen LogP contribution in [-0.2, 0) is 81.5 Å². The Bertz CT molecular complexity index is 5190. The molecule has 0 saturated carbocycles. The van der Waals surface area contributed by atoms with Crippen LogP contribution in [0.3, 0.4) is 0 Å². The first-order valence-corrected chi connectivity index (χ1v) is 35.0. The number of methoxy groups -OCH3 is 4. The monoisotopic (exact) mass is 1440 g/mol. The number of fused-ring (bicyclic) bond motifs is 22. The maximum Gasteiger partial charge on any atom is 0.334 e. The highest BCUT2D eigenvalue weighted by Crippen LogP contribution is 2.58. The van der Waals surface area contributed by atoms with Gasteiger partial charge < -0.3 is 84.4 Å². The number of carboxylic acids is 1. The third kappa shape index (κ3) is 13.8. The van der Waals surface area contributed by atoms with Crippen LogP contribution in [0.5, 0.6) is 0 Å². The number of aliphatic hydroxyl groups excluding tert-OH is 2. The minimum atomic E-state index is -1.14. The number of carbonyl (C=O) groups is 6. The minimum Gasteiger partial charge on any atom is -0.478 e. The molecule has 12 rings (SSSR count). The number of hydrogen-bond acceptors (Lipinski definition) is 17. The van der Waals surface area contributed by atoms with Crippen molar-refractivity contribution in [3.63, 3.8) is 0 Å². The van der Waals surface area contributed by atoms with E-state index in [1.165, 1.54) is 28.4 Å². The highest BCUT2D eigenvalue weighted by atomic mass is 17.2. The third-order valence-electron chi connectivity index (χ3n) is 21.9. The van der Waals surface area contributed by atoms with Crippen LogP contribution in [0.4, 0.5) is 0 Å². The molecule has 11 N–H and O–H groups in total. The van der Waals surface area contributed by atoms with Crippen molar-refractivity contribution in [2.24, 2.45) is 28.6 Å². The second-order valence-corrected chi connectivity index (χ2v) is 27.6. The molecule has 5 atom stereocenters. The molecule has 0 amide bonds. The van der Waals surface area contributed by atoms with Crippen LogP contribution in [0, 0.1) is 77.0 Å². The largest absolute Gasteiger partial charge is 0.478 e. The Morgan fingerprint density at radius 1 is 0.538 bits per heavy atom. The second-order valence-electron chi connectivity index (χ2n) is 27.6. The van der Waals surface area contributed by atoms with Crippen LogP contribution in [0.25, 0.3) is 60.8 Å². The highest BCUT2D eigenvalue weighted by molar-refractivity contribution is 5.99. The first-order valence-electron chi connectivity index (χ1n) is 35.0. The third-order valence-corrected chi connectivity index (χ3v) is 21.9. The standard InChI is InChI=1S/C44H50N4O10.C38H42N4O6/c1-9-27-24(3)32-19-33-26(5)30(18-23(2)58-57-17-15-50)36(46-33)21-35-28(11-13-40(51)56-16-14-49)25(4)34(45-35)20-38-31-12-10-29(42(52)54-7)41(43(53)55-8)44(31,6)39(48-38)22-37(27)47-32;1-9-22-20(4)28-16-32-25-12-10-24(36(44)45)35(37(46)48-8)38(25,6)33(42-32)17-29-19(3)18(2)26(39-29)14-31-23(11-13-34(43)47-7)21(5)27(41-31)15-30(22)40-28/h9-10,12,19-22,41,45-50H,1-2,11,13-18H2,3-8H3;9-10,14-17,25,35,39-42H,1,11-13H2,2-8H3,(H,44,45). The molecule has 24 heteroatoms. The van der Waals surface area contributed by atoms with E-state index in [1.54, 1.807) is 18.2 Å². The molecule has 5 unspecified atom stereocenters. The number of aliphatic carboxylic acids is 1. The van der Waals surface area contributed by atoms with Crippen LogP contribution in [0.15, 0.2) is 83.2 Å². The van der Waals surface area contributed by atoms with Gasteiger partial charge in [-0.3, -0.25) is 19.2 Å². The highest BCUT2D eigenvalue weighted by Gasteiger charge is 2.59. The molecular weight excluding hydrogens is 1350 g/mol. The summed E-state index contributed by atoms with van der Waals surface area (Å²) in [6, 6.07) is 0. The molecule has 2 saturated heterocycles. The molecule has 2 fully saturated rings. The summed E-state index contributed by atoms with van der Waals surface area (Å²) in [4.78, 5) is 110. The van der Waals surface area contributed by atoms with E-state index in [-0.39, 0.29) is 68.7 Å². The van der Waals surface area contributed by atoms with Gasteiger partial charge in [0.1, 0.15) is 30.8 Å². The molecule has 2 aliphatic carbocycles. The smallest absolute Gasteiger partial charge is 0.334 e. The zero-order valence-electron chi connectivity index (χ0n) is 62.1. The normalized spacial score (nSPS) is 19.3. The Morgan fingerprint density at radius 3 is 1.69 bits per heavy atom. The number of ether oxygens (including phenoxy) is 5. The maximum atomic E-state index is 13.8. The molecule has 6 aliphatic rings. The minimum absolute atomic E-state index is 0.0134. The van der Waals surface area contributed by atoms with Crippen LogP contribution in [0.2, 0.25) is 0 Å². The maximum absolute atomic E-state index is 13.8. The molecule has 106 heavy (non-hydrogen) atoms. The molecule has 6 aromatic rings. The van der Waals surface area contributed by atoms with E-state index >= 15 is 0 Å². The summed E-state index contributed by atoms with van der Waals surface area (Å²) >= 11 is 0. The molecule has 0 radical (unpaired) electrons. The molecule has 16 bridgehead atoms. The van der Waals surface area contributed by atoms with Crippen LogP contribution >= 0.6 is 0 Å². The van der Waals surface area contributed by atoms with E-state index < -0.39 is 52.5 Å². The number of H-pyrrole nitrogens is 6. The lowest BCUT2D eigenvalue weighted by Crippen LogP contribution is -2.44. The van der Waals surface area contributed by atoms with Crippen LogP contribution < -0.4 is 32.0 Å². The first-order chi connectivity index (χ1) is 50.6. The SMILES string of the molecule is C=Cc1c2[nH]c(c1C)C=C1NC(=Cc3[nH]c(c(C)c3C)C=c3[nH]c(c(C)c3CCC(=O)OC)=C2)C2(C)C1CC=C(C(=O)O)C2C(=O)OC.C=Cc1c2[nH]c(c1C)C=c1[nH]c(c(CC(=C)OOCCO)c1C)=Cc1[nH]c(c(C)c1CCC(=O)OCCO)C=C1NC(=C2)C2(C)C1=CC=C(C(=O)OC)C2C(=O)OC. The van der Waals surface area contributed by atoms with Gasteiger partial charge in [-0.1, -0.05) is 57.0 Å². The quantitative estimate of drug-likeness (QED) is 0.00863. The first kappa shape index (κ1) is 75.8. The van der Waals surface area contributed by atoms with Gasteiger partial charge in [-0.15, -0.1) is 0 Å². The predicted octanol–water partition coefficient (Wildman–Crippen LogP) is 7.93. The summed E-state index contributed by atoms with van der Waals surface area (Å²) in [5.74, 6) is -5.70. The molecule has 0 spiro atoms. The van der Waals surface area contributed by atoms with Gasteiger partial charge in [0, 0.05) is 137 Å². The second kappa shape index (κ2) is 30.8. The Hall–Kier alpha value is -11.3. The van der Waals surface area contributed by atoms with E-state index in [2.05, 4.69) is 85.4 Å². The van der Waals surface area contributed by atoms with Crippen LogP contribution in [-0.4, -0.2) is 136 Å². The number of rotatable bonds is 20. The summed E-state index contributed by atoms with van der Waals surface area (Å²) in [6.07, 6.45) is 26.6. The molecular formula is C82H92N8O16. The van der Waals surface area contributed by atoms with Crippen molar-refractivity contribution in [1.82, 2.24) is 40.5 Å². The van der Waals surface area contributed by atoms with E-state index in [1.807, 2.05) is 97.9 Å². The number of allylic oxidation sites excluding steroid dienone is 8. The van der Waals surface area contributed by atoms with E-state index in [0.29, 0.717) is 36.4 Å². The lowest BCUT2D eigenvalue weighted by atomic mass is 9.60. The Kier molecular flexibility index (Phi) is 22.0. The summed E-state index contributed by atoms with van der Waals surface area (Å²) in [7, 11) is 5.26. The number of esters is 5. The number of hydrogen-bond donors (Lipinski definition) is 11. The van der Waals surface area contributed by atoms with Crippen molar-refractivity contribution in [2.75, 3.05) is 54.9 Å². The Labute approximate surface area is 613 Å². The fourth-order valence-electron chi connectivity index (χ4n) is 15.8. The van der Waals surface area contributed by atoms with Crippen molar-refractivity contribution in [1.29, 1.82) is 0 Å². The zero-order chi connectivity index (χ0) is 76.5. The van der Waals surface area contributed by atoms with Gasteiger partial charge in [-0.25, -0.2) is 9.59 Å². The van der Waals surface area contributed by atoms with Crippen molar-refractivity contribution in [3.05, 3.63) is 217 Å². The summed E-state index contributed by atoms with van der Waals surface area (Å²) < 4.78 is 25.9. The lowest BCUT2D eigenvalue weighted by molar-refractivity contribution is -0.266. The average Bonchev–Trinajstić information content (AvgIpc) is 1.53. The van der Waals surface area contributed by atoms with E-state index in [9.17, 15) is 44.1 Å². The van der Waals surface area contributed by atoms with Crippen LogP contribution in [0.1, 0.15) is 145 Å². The molecule has 4 aliphatic heterocycles. The molecule has 556 valence electrons. The number of aromatic amines is 6. The summed E-state index contributed by atoms with van der Waals surface area (Å²) in [5, 5.41) is 39.2. The van der Waals surface area contributed by atoms with Crippen molar-refractivity contribution in [2.45, 2.75) is 101 Å². The Balaban J connectivity index is 0.000000215. The number of carboxylic acid groups (broad SMARTS) is 1.